The molecule has 0 spiro atoms. The zero-order valence-electron chi connectivity index (χ0n) is 15.4. The van der Waals surface area contributed by atoms with E-state index < -0.39 is 0 Å². The standard InChI is InChI=1S/C22H22N4O/c1-2-25(16-17-8-4-3-5-9-17)21(27)19-12-14-23-22(24-19)26-15-13-18-10-6-7-11-20(18)26/h3-12,14H,2,13,15-16H2,1H3. The SMILES string of the molecule is CCN(Cc1ccccc1)C(=O)c1ccnc(N2CCc3ccccc32)n1. The van der Waals surface area contributed by atoms with Crippen LogP contribution in [0.5, 0.6) is 0 Å². The Kier molecular flexibility index (Phi) is 4.83. The van der Waals surface area contributed by atoms with Gasteiger partial charge in [0.2, 0.25) is 5.95 Å². The summed E-state index contributed by atoms with van der Waals surface area (Å²) in [7, 11) is 0. The minimum Gasteiger partial charge on any atom is -0.333 e. The Morgan fingerprint density at radius 2 is 1.85 bits per heavy atom. The second-order valence-electron chi connectivity index (χ2n) is 6.58. The second kappa shape index (κ2) is 7.58. The van der Waals surface area contributed by atoms with Gasteiger partial charge in [-0.1, -0.05) is 48.5 Å². The lowest BCUT2D eigenvalue weighted by Gasteiger charge is -2.22. The summed E-state index contributed by atoms with van der Waals surface area (Å²) in [4.78, 5) is 25.9. The van der Waals surface area contributed by atoms with Gasteiger partial charge in [-0.3, -0.25) is 4.79 Å². The van der Waals surface area contributed by atoms with Crippen molar-refractivity contribution in [3.05, 3.63) is 83.7 Å². The third-order valence-electron chi connectivity index (χ3n) is 4.88. The summed E-state index contributed by atoms with van der Waals surface area (Å²) in [5.74, 6) is 0.513. The molecular weight excluding hydrogens is 336 g/mol. The highest BCUT2D eigenvalue weighted by atomic mass is 16.2. The van der Waals surface area contributed by atoms with Crippen LogP contribution in [0.15, 0.2) is 66.9 Å². The van der Waals surface area contributed by atoms with Crippen LogP contribution < -0.4 is 4.90 Å². The second-order valence-corrected chi connectivity index (χ2v) is 6.58. The summed E-state index contributed by atoms with van der Waals surface area (Å²) in [6, 6.07) is 20.0. The number of benzene rings is 2. The molecule has 0 bridgehead atoms. The largest absolute Gasteiger partial charge is 0.333 e. The number of nitrogens with zero attached hydrogens (tertiary/aromatic N) is 4. The van der Waals surface area contributed by atoms with E-state index in [4.69, 9.17) is 0 Å². The highest BCUT2D eigenvalue weighted by Crippen LogP contribution is 2.32. The first kappa shape index (κ1) is 17.2. The molecule has 0 saturated heterocycles. The van der Waals surface area contributed by atoms with Crippen LogP contribution in [0, 0.1) is 0 Å². The summed E-state index contributed by atoms with van der Waals surface area (Å²) in [6.07, 6.45) is 2.64. The maximum absolute atomic E-state index is 13.0. The normalized spacial score (nSPS) is 12.7. The Morgan fingerprint density at radius 3 is 2.67 bits per heavy atom. The molecule has 4 rings (SSSR count). The van der Waals surface area contributed by atoms with E-state index in [0.29, 0.717) is 24.7 Å². The van der Waals surface area contributed by atoms with Crippen LogP contribution in [0.25, 0.3) is 0 Å². The van der Waals surface area contributed by atoms with Crippen molar-refractivity contribution in [2.45, 2.75) is 19.9 Å². The Hall–Kier alpha value is -3.21. The molecule has 0 aliphatic carbocycles. The number of hydrogen-bond acceptors (Lipinski definition) is 4. The topological polar surface area (TPSA) is 49.3 Å². The summed E-state index contributed by atoms with van der Waals surface area (Å²) in [5, 5.41) is 0. The van der Waals surface area contributed by atoms with Crippen molar-refractivity contribution in [2.24, 2.45) is 0 Å². The molecule has 0 fully saturated rings. The molecule has 1 aromatic heterocycles. The van der Waals surface area contributed by atoms with Crippen LogP contribution in [-0.2, 0) is 13.0 Å². The predicted octanol–water partition coefficient (Wildman–Crippen LogP) is 3.83. The van der Waals surface area contributed by atoms with E-state index in [0.717, 1.165) is 24.2 Å². The van der Waals surface area contributed by atoms with E-state index >= 15 is 0 Å². The van der Waals surface area contributed by atoms with E-state index in [1.807, 2.05) is 49.4 Å². The molecule has 1 aliphatic heterocycles. The lowest BCUT2D eigenvalue weighted by molar-refractivity contribution is 0.0746. The van der Waals surface area contributed by atoms with Crippen molar-refractivity contribution in [1.82, 2.24) is 14.9 Å². The number of para-hydroxylation sites is 1. The molecule has 0 radical (unpaired) electrons. The van der Waals surface area contributed by atoms with Gasteiger partial charge in [-0.25, -0.2) is 9.97 Å². The molecule has 5 nitrogen and oxygen atoms in total. The fraction of sp³-hybridized carbons (Fsp3) is 0.227. The van der Waals surface area contributed by atoms with Gasteiger partial charge in [0.25, 0.3) is 5.91 Å². The minimum atomic E-state index is -0.0718. The van der Waals surface area contributed by atoms with E-state index in [9.17, 15) is 4.79 Å². The molecule has 0 saturated carbocycles. The van der Waals surface area contributed by atoms with Gasteiger partial charge in [-0.2, -0.15) is 0 Å². The molecule has 5 heteroatoms. The first-order valence-electron chi connectivity index (χ1n) is 9.28. The van der Waals surface area contributed by atoms with Gasteiger partial charge < -0.3 is 9.80 Å². The van der Waals surface area contributed by atoms with E-state index in [1.54, 1.807) is 17.2 Å². The average Bonchev–Trinajstić information content (AvgIpc) is 3.16. The van der Waals surface area contributed by atoms with Crippen LogP contribution in [0.2, 0.25) is 0 Å². The van der Waals surface area contributed by atoms with Crippen molar-refractivity contribution < 1.29 is 4.79 Å². The molecule has 27 heavy (non-hydrogen) atoms. The fourth-order valence-corrected chi connectivity index (χ4v) is 3.44. The first-order valence-corrected chi connectivity index (χ1v) is 9.28. The van der Waals surface area contributed by atoms with Crippen LogP contribution in [0.4, 0.5) is 11.6 Å². The van der Waals surface area contributed by atoms with E-state index in [2.05, 4.69) is 27.0 Å². The zero-order valence-corrected chi connectivity index (χ0v) is 15.4. The number of anilines is 2. The van der Waals surface area contributed by atoms with Gasteiger partial charge >= 0.3 is 0 Å². The summed E-state index contributed by atoms with van der Waals surface area (Å²) in [5.41, 5.74) is 3.95. The van der Waals surface area contributed by atoms with Gasteiger partial charge in [0.15, 0.2) is 0 Å². The van der Waals surface area contributed by atoms with Gasteiger partial charge in [0, 0.05) is 31.5 Å². The number of fused-ring (bicyclic) bond motifs is 1. The molecule has 1 aliphatic rings. The monoisotopic (exact) mass is 358 g/mol. The van der Waals surface area contributed by atoms with Crippen molar-refractivity contribution >= 4 is 17.5 Å². The quantitative estimate of drug-likeness (QED) is 0.695. The fourth-order valence-electron chi connectivity index (χ4n) is 3.44. The number of rotatable bonds is 5. The maximum atomic E-state index is 13.0. The lowest BCUT2D eigenvalue weighted by Crippen LogP contribution is -2.31. The Balaban J connectivity index is 1.58. The number of hydrogen-bond donors (Lipinski definition) is 0. The molecule has 0 N–H and O–H groups in total. The van der Waals surface area contributed by atoms with Gasteiger partial charge in [0.05, 0.1) is 0 Å². The lowest BCUT2D eigenvalue weighted by atomic mass is 10.2. The van der Waals surface area contributed by atoms with Crippen LogP contribution in [-0.4, -0.2) is 33.9 Å². The van der Waals surface area contributed by atoms with Gasteiger partial charge in [-0.05, 0) is 36.6 Å². The molecule has 1 amide bonds. The summed E-state index contributed by atoms with van der Waals surface area (Å²) >= 11 is 0. The van der Waals surface area contributed by atoms with Crippen molar-refractivity contribution in [3.63, 3.8) is 0 Å². The summed E-state index contributed by atoms with van der Waals surface area (Å²) in [6.45, 7) is 4.01. The van der Waals surface area contributed by atoms with Crippen molar-refractivity contribution in [2.75, 3.05) is 18.0 Å². The number of amides is 1. The van der Waals surface area contributed by atoms with Crippen molar-refractivity contribution in [3.8, 4) is 0 Å². The Bertz CT molecular complexity index is 942. The number of carbonyl (C=O) groups is 1. The third-order valence-corrected chi connectivity index (χ3v) is 4.88. The van der Waals surface area contributed by atoms with E-state index in [1.165, 1.54) is 5.56 Å². The first-order chi connectivity index (χ1) is 13.3. The Morgan fingerprint density at radius 1 is 1.07 bits per heavy atom. The molecule has 2 heterocycles. The molecule has 136 valence electrons. The molecule has 2 aromatic carbocycles. The van der Waals surface area contributed by atoms with Crippen LogP contribution in [0.1, 0.15) is 28.5 Å². The van der Waals surface area contributed by atoms with E-state index in [-0.39, 0.29) is 5.91 Å². The maximum Gasteiger partial charge on any atom is 0.272 e. The Labute approximate surface area is 159 Å². The number of aromatic nitrogens is 2. The van der Waals surface area contributed by atoms with Crippen LogP contribution in [0.3, 0.4) is 0 Å². The highest BCUT2D eigenvalue weighted by Gasteiger charge is 2.23. The molecule has 0 unspecified atom stereocenters. The molecule has 0 atom stereocenters. The zero-order chi connectivity index (χ0) is 18.6. The highest BCUT2D eigenvalue weighted by molar-refractivity contribution is 5.92. The average molecular weight is 358 g/mol. The van der Waals surface area contributed by atoms with Gasteiger partial charge in [0.1, 0.15) is 5.69 Å². The predicted molar refractivity (Wildman–Crippen MR) is 106 cm³/mol. The van der Waals surface area contributed by atoms with Crippen molar-refractivity contribution in [1.29, 1.82) is 0 Å². The third kappa shape index (κ3) is 3.53. The van der Waals surface area contributed by atoms with Crippen LogP contribution >= 0.6 is 0 Å². The smallest absolute Gasteiger partial charge is 0.272 e. The molecule has 3 aromatic rings. The molecular formula is C22H22N4O. The van der Waals surface area contributed by atoms with Gasteiger partial charge in [-0.15, -0.1) is 0 Å². The summed E-state index contributed by atoms with van der Waals surface area (Å²) < 4.78 is 0. The number of carbonyl (C=O) groups excluding carboxylic acids is 1. The minimum absolute atomic E-state index is 0.0718.